The van der Waals surface area contributed by atoms with E-state index in [1.54, 1.807) is 0 Å². The zero-order chi connectivity index (χ0) is 11.4. The third-order valence-corrected chi connectivity index (χ3v) is 2.28. The number of hydrogen-bond donors (Lipinski definition) is 1. The first-order valence-electron chi connectivity index (χ1n) is 4.02. The molecule has 0 saturated carbocycles. The number of methoxy groups -OCH3 is 1. The lowest BCUT2D eigenvalue weighted by atomic mass is 10.3. The molecule has 0 bridgehead atoms. The molecule has 0 heterocycles. The molecule has 0 aromatic heterocycles. The van der Waals surface area contributed by atoms with E-state index in [2.05, 4.69) is 0 Å². The van der Waals surface area contributed by atoms with Gasteiger partial charge in [-0.1, -0.05) is 0 Å². The van der Waals surface area contributed by atoms with E-state index < -0.39 is 17.0 Å². The average molecular weight is 230 g/mol. The zero-order valence-electron chi connectivity index (χ0n) is 8.22. The summed E-state index contributed by atoms with van der Waals surface area (Å²) in [4.78, 5) is 10.7. The Morgan fingerprint density at radius 3 is 2.60 bits per heavy atom. The van der Waals surface area contributed by atoms with Crippen molar-refractivity contribution in [3.63, 3.8) is 0 Å². The molecule has 0 amide bonds. The van der Waals surface area contributed by atoms with Crippen LogP contribution in [0.2, 0.25) is 0 Å². The predicted molar refractivity (Wildman–Crippen MR) is 53.3 cm³/mol. The molecule has 1 N–H and O–H groups in total. The molecule has 0 aliphatic heterocycles. The van der Waals surface area contributed by atoms with Crippen LogP contribution in [-0.4, -0.2) is 21.8 Å². The number of hydrogen-bond acceptors (Lipinski definition) is 4. The van der Waals surface area contributed by atoms with Crippen LogP contribution >= 0.6 is 0 Å². The molecule has 82 valence electrons. The summed E-state index contributed by atoms with van der Waals surface area (Å²) in [6.45, 7) is 1.25. The number of carbonyl (C=O) groups is 1. The SMILES string of the molecule is COc1ccc(OC(C)=O)cc1S(=O)O. The van der Waals surface area contributed by atoms with Gasteiger partial charge in [0.2, 0.25) is 0 Å². The minimum absolute atomic E-state index is 0.0660. The summed E-state index contributed by atoms with van der Waals surface area (Å²) in [6, 6.07) is 4.23. The second-order valence-corrected chi connectivity index (χ2v) is 3.59. The molecule has 1 aromatic rings. The topological polar surface area (TPSA) is 72.8 Å². The molecule has 0 aliphatic rings. The van der Waals surface area contributed by atoms with Gasteiger partial charge in [0.15, 0.2) is 11.1 Å². The van der Waals surface area contributed by atoms with Gasteiger partial charge in [-0.25, -0.2) is 4.21 Å². The van der Waals surface area contributed by atoms with E-state index in [9.17, 15) is 9.00 Å². The van der Waals surface area contributed by atoms with Crippen molar-refractivity contribution in [2.24, 2.45) is 0 Å². The minimum Gasteiger partial charge on any atom is -0.495 e. The summed E-state index contributed by atoms with van der Waals surface area (Å²) in [5.41, 5.74) is 0. The van der Waals surface area contributed by atoms with E-state index in [1.165, 1.54) is 32.2 Å². The Hall–Kier alpha value is -1.40. The lowest BCUT2D eigenvalue weighted by Gasteiger charge is -2.07. The number of esters is 1. The molecule has 0 saturated heterocycles. The highest BCUT2D eigenvalue weighted by Gasteiger charge is 2.11. The van der Waals surface area contributed by atoms with E-state index in [0.717, 1.165) is 0 Å². The van der Waals surface area contributed by atoms with Gasteiger partial charge in [0.05, 0.1) is 7.11 Å². The van der Waals surface area contributed by atoms with Gasteiger partial charge in [-0.05, 0) is 12.1 Å². The normalized spacial score (nSPS) is 11.9. The van der Waals surface area contributed by atoms with Crippen molar-refractivity contribution >= 4 is 17.0 Å². The van der Waals surface area contributed by atoms with Crippen molar-refractivity contribution in [1.29, 1.82) is 0 Å². The van der Waals surface area contributed by atoms with Crippen LogP contribution in [0.25, 0.3) is 0 Å². The van der Waals surface area contributed by atoms with Gasteiger partial charge in [0, 0.05) is 13.0 Å². The smallest absolute Gasteiger partial charge is 0.308 e. The van der Waals surface area contributed by atoms with Crippen LogP contribution < -0.4 is 9.47 Å². The van der Waals surface area contributed by atoms with E-state index in [4.69, 9.17) is 14.0 Å². The highest BCUT2D eigenvalue weighted by molar-refractivity contribution is 7.79. The number of benzene rings is 1. The number of ether oxygens (including phenoxy) is 2. The maximum Gasteiger partial charge on any atom is 0.308 e. The first-order valence-corrected chi connectivity index (χ1v) is 5.12. The van der Waals surface area contributed by atoms with Gasteiger partial charge in [0.25, 0.3) is 0 Å². The average Bonchev–Trinajstić information content (AvgIpc) is 2.16. The van der Waals surface area contributed by atoms with Crippen LogP contribution in [0.15, 0.2) is 23.1 Å². The lowest BCUT2D eigenvalue weighted by Crippen LogP contribution is -2.02. The van der Waals surface area contributed by atoms with E-state index in [1.807, 2.05) is 0 Å². The van der Waals surface area contributed by atoms with Crippen molar-refractivity contribution in [3.05, 3.63) is 18.2 Å². The molecule has 0 aliphatic carbocycles. The molecule has 6 heteroatoms. The standard InChI is InChI=1S/C9H10O5S/c1-6(10)14-7-3-4-8(13-2)9(5-7)15(11)12/h3-5H,1-2H3,(H,11,12). The Bertz CT molecular complexity index is 401. The Kier molecular flexibility index (Phi) is 3.81. The second-order valence-electron chi connectivity index (χ2n) is 2.66. The zero-order valence-corrected chi connectivity index (χ0v) is 9.04. The molecule has 15 heavy (non-hydrogen) atoms. The summed E-state index contributed by atoms with van der Waals surface area (Å²) < 4.78 is 29.5. The first-order chi connectivity index (χ1) is 7.04. The van der Waals surface area contributed by atoms with Gasteiger partial charge >= 0.3 is 5.97 Å². The monoisotopic (exact) mass is 230 g/mol. The maximum atomic E-state index is 10.9. The third kappa shape index (κ3) is 3.03. The van der Waals surface area contributed by atoms with E-state index >= 15 is 0 Å². The van der Waals surface area contributed by atoms with E-state index in [-0.39, 0.29) is 16.4 Å². The molecule has 0 spiro atoms. The van der Waals surface area contributed by atoms with Crippen LogP contribution in [-0.2, 0) is 15.9 Å². The molecular weight excluding hydrogens is 220 g/mol. The molecule has 1 rings (SSSR count). The molecule has 1 unspecified atom stereocenters. The summed E-state index contributed by atoms with van der Waals surface area (Å²) in [5, 5.41) is 0. The van der Waals surface area contributed by atoms with Crippen LogP contribution in [0, 0.1) is 0 Å². The summed E-state index contributed by atoms with van der Waals surface area (Å²) in [6.07, 6.45) is 0. The van der Waals surface area contributed by atoms with Gasteiger partial charge in [-0.2, -0.15) is 0 Å². The third-order valence-electron chi connectivity index (χ3n) is 1.58. The fourth-order valence-corrected chi connectivity index (χ4v) is 1.56. The fraction of sp³-hybridized carbons (Fsp3) is 0.222. The van der Waals surface area contributed by atoms with Crippen LogP contribution in [0.3, 0.4) is 0 Å². The Morgan fingerprint density at radius 1 is 1.47 bits per heavy atom. The number of rotatable bonds is 3. The van der Waals surface area contributed by atoms with Crippen molar-refractivity contribution in [2.75, 3.05) is 7.11 Å². The fourth-order valence-electron chi connectivity index (χ4n) is 1.02. The van der Waals surface area contributed by atoms with Gasteiger partial charge in [-0.15, -0.1) is 0 Å². The van der Waals surface area contributed by atoms with Crippen LogP contribution in [0.5, 0.6) is 11.5 Å². The van der Waals surface area contributed by atoms with E-state index in [0.29, 0.717) is 0 Å². The van der Waals surface area contributed by atoms with Gasteiger partial charge in [0.1, 0.15) is 16.4 Å². The van der Waals surface area contributed by atoms with Crippen molar-refractivity contribution in [2.45, 2.75) is 11.8 Å². The largest absolute Gasteiger partial charge is 0.495 e. The summed E-state index contributed by atoms with van der Waals surface area (Å²) in [7, 11) is 1.39. The quantitative estimate of drug-likeness (QED) is 0.480. The first kappa shape index (κ1) is 11.7. The summed E-state index contributed by atoms with van der Waals surface area (Å²) >= 11 is -2.18. The summed E-state index contributed by atoms with van der Waals surface area (Å²) in [5.74, 6) is -0.0118. The molecule has 0 fully saturated rings. The van der Waals surface area contributed by atoms with Crippen LogP contribution in [0.4, 0.5) is 0 Å². The minimum atomic E-state index is -2.18. The van der Waals surface area contributed by atoms with Crippen molar-refractivity contribution in [1.82, 2.24) is 0 Å². The molecule has 5 nitrogen and oxygen atoms in total. The van der Waals surface area contributed by atoms with Gasteiger partial charge < -0.3 is 14.0 Å². The van der Waals surface area contributed by atoms with Crippen molar-refractivity contribution < 1.29 is 23.0 Å². The number of carbonyl (C=O) groups excluding carboxylic acids is 1. The van der Waals surface area contributed by atoms with Gasteiger partial charge in [-0.3, -0.25) is 4.79 Å². The van der Waals surface area contributed by atoms with Crippen LogP contribution in [0.1, 0.15) is 6.92 Å². The highest BCUT2D eigenvalue weighted by atomic mass is 32.2. The Balaban J connectivity index is 3.10. The maximum absolute atomic E-state index is 10.9. The highest BCUT2D eigenvalue weighted by Crippen LogP contribution is 2.26. The molecule has 0 radical (unpaired) electrons. The molecule has 1 aromatic carbocycles. The Morgan fingerprint density at radius 2 is 2.13 bits per heavy atom. The second kappa shape index (κ2) is 4.90. The predicted octanol–water partition coefficient (Wildman–Crippen LogP) is 1.20. The molecular formula is C9H10O5S. The Labute approximate surface area is 89.3 Å². The lowest BCUT2D eigenvalue weighted by molar-refractivity contribution is -0.131. The van der Waals surface area contributed by atoms with Crippen molar-refractivity contribution in [3.8, 4) is 11.5 Å². The molecule has 1 atom stereocenters.